The average Bonchev–Trinajstić information content (AvgIpc) is 2.42. The second-order valence-electron chi connectivity index (χ2n) is 4.76. The van der Waals surface area contributed by atoms with Crippen LogP contribution in [0.1, 0.15) is 16.8 Å². The Balaban J connectivity index is 2.61. The topological polar surface area (TPSA) is 67.6 Å². The van der Waals surface area contributed by atoms with E-state index in [1.54, 1.807) is 24.3 Å². The van der Waals surface area contributed by atoms with Gasteiger partial charge in [-0.15, -0.1) is 6.58 Å². The van der Waals surface area contributed by atoms with Crippen molar-refractivity contribution in [3.63, 3.8) is 0 Å². The van der Waals surface area contributed by atoms with Crippen LogP contribution in [-0.4, -0.2) is 44.6 Å². The fraction of sp³-hybridized carbons (Fsp3) is 0.400. The van der Waals surface area contributed by atoms with Gasteiger partial charge in [0.2, 0.25) is 0 Å². The van der Waals surface area contributed by atoms with Gasteiger partial charge in [0.25, 0.3) is 5.91 Å². The van der Waals surface area contributed by atoms with Crippen molar-refractivity contribution >= 4 is 11.6 Å². The number of nitrogens with two attached hydrogens (primary N) is 1. The average molecular weight is 277 g/mol. The lowest BCUT2D eigenvalue weighted by atomic mass is 10.2. The van der Waals surface area contributed by atoms with E-state index >= 15 is 0 Å². The standard InChI is InChI=1S/C15H23N3O2/c1-4-8-17-15(19)12-6-7-13(16)14(11-12)20-10-5-9-18(2)3/h4,6-7,11H,1,5,8-10,16H2,2-3H3,(H,17,19). The molecule has 0 unspecified atom stereocenters. The van der Waals surface area contributed by atoms with E-state index in [0.29, 0.717) is 30.2 Å². The summed E-state index contributed by atoms with van der Waals surface area (Å²) in [6.45, 7) is 5.50. The largest absolute Gasteiger partial charge is 0.491 e. The summed E-state index contributed by atoms with van der Waals surface area (Å²) in [6.07, 6.45) is 2.53. The Kier molecular flexibility index (Phi) is 6.59. The first-order valence-corrected chi connectivity index (χ1v) is 6.60. The summed E-state index contributed by atoms with van der Waals surface area (Å²) in [7, 11) is 4.03. The molecule has 0 aliphatic carbocycles. The van der Waals surface area contributed by atoms with E-state index in [0.717, 1.165) is 13.0 Å². The lowest BCUT2D eigenvalue weighted by Gasteiger charge is -2.12. The Morgan fingerprint density at radius 2 is 2.25 bits per heavy atom. The Hall–Kier alpha value is -2.01. The van der Waals surface area contributed by atoms with Gasteiger partial charge in [-0.05, 0) is 38.7 Å². The molecular formula is C15H23N3O2. The molecular weight excluding hydrogens is 254 g/mol. The highest BCUT2D eigenvalue weighted by Gasteiger charge is 2.08. The molecule has 1 rings (SSSR count). The third kappa shape index (κ3) is 5.32. The number of benzene rings is 1. The molecule has 5 heteroatoms. The zero-order valence-corrected chi connectivity index (χ0v) is 12.2. The van der Waals surface area contributed by atoms with Gasteiger partial charge in [0, 0.05) is 18.7 Å². The van der Waals surface area contributed by atoms with Gasteiger partial charge < -0.3 is 20.7 Å². The first kappa shape index (κ1) is 16.0. The second-order valence-corrected chi connectivity index (χ2v) is 4.76. The molecule has 1 aromatic rings. The first-order valence-electron chi connectivity index (χ1n) is 6.60. The molecule has 1 amide bonds. The molecule has 0 saturated carbocycles. The van der Waals surface area contributed by atoms with Crippen molar-refractivity contribution < 1.29 is 9.53 Å². The van der Waals surface area contributed by atoms with Crippen LogP contribution in [0.4, 0.5) is 5.69 Å². The van der Waals surface area contributed by atoms with Gasteiger partial charge in [-0.25, -0.2) is 0 Å². The molecule has 0 aromatic heterocycles. The third-order valence-electron chi connectivity index (χ3n) is 2.69. The van der Waals surface area contributed by atoms with Crippen molar-refractivity contribution in [2.75, 3.05) is 39.5 Å². The maximum absolute atomic E-state index is 11.8. The molecule has 0 aliphatic heterocycles. The van der Waals surface area contributed by atoms with Crippen molar-refractivity contribution in [1.29, 1.82) is 0 Å². The van der Waals surface area contributed by atoms with Crippen molar-refractivity contribution in [2.24, 2.45) is 0 Å². The molecule has 1 aromatic carbocycles. The minimum Gasteiger partial charge on any atom is -0.491 e. The minimum atomic E-state index is -0.164. The van der Waals surface area contributed by atoms with Crippen molar-refractivity contribution in [2.45, 2.75) is 6.42 Å². The molecule has 0 bridgehead atoms. The monoisotopic (exact) mass is 277 g/mol. The number of carbonyl (C=O) groups excluding carboxylic acids is 1. The highest BCUT2D eigenvalue weighted by atomic mass is 16.5. The fourth-order valence-corrected chi connectivity index (χ4v) is 1.63. The smallest absolute Gasteiger partial charge is 0.251 e. The Bertz CT molecular complexity index is 458. The van der Waals surface area contributed by atoms with Crippen molar-refractivity contribution in [3.8, 4) is 5.75 Å². The van der Waals surface area contributed by atoms with Gasteiger partial charge >= 0.3 is 0 Å². The molecule has 20 heavy (non-hydrogen) atoms. The number of carbonyl (C=O) groups is 1. The number of amides is 1. The summed E-state index contributed by atoms with van der Waals surface area (Å²) in [5.41, 5.74) is 6.92. The van der Waals surface area contributed by atoms with E-state index in [4.69, 9.17) is 10.5 Å². The van der Waals surface area contributed by atoms with Crippen LogP contribution in [0.15, 0.2) is 30.9 Å². The quantitative estimate of drug-likeness (QED) is 0.429. The van der Waals surface area contributed by atoms with Crippen LogP contribution in [-0.2, 0) is 0 Å². The summed E-state index contributed by atoms with van der Waals surface area (Å²) >= 11 is 0. The highest BCUT2D eigenvalue weighted by molar-refractivity contribution is 5.95. The van der Waals surface area contributed by atoms with Gasteiger partial charge in [-0.1, -0.05) is 6.08 Å². The van der Waals surface area contributed by atoms with Gasteiger partial charge in [-0.2, -0.15) is 0 Å². The normalized spacial score (nSPS) is 10.3. The molecule has 0 heterocycles. The molecule has 3 N–H and O–H groups in total. The molecule has 0 aliphatic rings. The minimum absolute atomic E-state index is 0.164. The number of ether oxygens (including phenoxy) is 1. The number of hydrogen-bond acceptors (Lipinski definition) is 4. The van der Waals surface area contributed by atoms with E-state index < -0.39 is 0 Å². The maximum atomic E-state index is 11.8. The number of hydrogen-bond donors (Lipinski definition) is 2. The Morgan fingerprint density at radius 1 is 1.50 bits per heavy atom. The highest BCUT2D eigenvalue weighted by Crippen LogP contribution is 2.22. The van der Waals surface area contributed by atoms with Gasteiger partial charge in [0.05, 0.1) is 12.3 Å². The van der Waals surface area contributed by atoms with E-state index in [9.17, 15) is 4.79 Å². The van der Waals surface area contributed by atoms with Crippen molar-refractivity contribution in [3.05, 3.63) is 36.4 Å². The van der Waals surface area contributed by atoms with Crippen LogP contribution in [0.25, 0.3) is 0 Å². The van der Waals surface area contributed by atoms with E-state index in [2.05, 4.69) is 16.8 Å². The predicted molar refractivity (Wildman–Crippen MR) is 82.1 cm³/mol. The Morgan fingerprint density at radius 3 is 2.90 bits per heavy atom. The summed E-state index contributed by atoms with van der Waals surface area (Å²) in [4.78, 5) is 13.9. The lowest BCUT2D eigenvalue weighted by Crippen LogP contribution is -2.23. The first-order chi connectivity index (χ1) is 9.54. The zero-order chi connectivity index (χ0) is 15.0. The number of rotatable bonds is 8. The van der Waals surface area contributed by atoms with Crippen LogP contribution >= 0.6 is 0 Å². The molecule has 110 valence electrons. The van der Waals surface area contributed by atoms with Crippen molar-refractivity contribution in [1.82, 2.24) is 10.2 Å². The van der Waals surface area contributed by atoms with E-state index in [-0.39, 0.29) is 5.91 Å². The van der Waals surface area contributed by atoms with E-state index in [1.165, 1.54) is 0 Å². The van der Waals surface area contributed by atoms with Gasteiger partial charge in [0.15, 0.2) is 0 Å². The van der Waals surface area contributed by atoms with Crippen LogP contribution < -0.4 is 15.8 Å². The van der Waals surface area contributed by atoms with Gasteiger partial charge in [-0.3, -0.25) is 4.79 Å². The summed E-state index contributed by atoms with van der Waals surface area (Å²) in [5, 5.41) is 2.72. The Labute approximate surface area is 120 Å². The molecule has 0 spiro atoms. The predicted octanol–water partition coefficient (Wildman–Crippen LogP) is 1.52. The zero-order valence-electron chi connectivity index (χ0n) is 12.2. The molecule has 0 radical (unpaired) electrons. The van der Waals surface area contributed by atoms with Crippen LogP contribution in [0.3, 0.4) is 0 Å². The summed E-state index contributed by atoms with van der Waals surface area (Å²) in [5.74, 6) is 0.387. The SMILES string of the molecule is C=CCNC(=O)c1ccc(N)c(OCCCN(C)C)c1. The fourth-order valence-electron chi connectivity index (χ4n) is 1.63. The van der Waals surface area contributed by atoms with Gasteiger partial charge in [0.1, 0.15) is 5.75 Å². The summed E-state index contributed by atoms with van der Waals surface area (Å²) < 4.78 is 5.63. The van der Waals surface area contributed by atoms with Crippen LogP contribution in [0.2, 0.25) is 0 Å². The van der Waals surface area contributed by atoms with Crippen LogP contribution in [0.5, 0.6) is 5.75 Å². The van der Waals surface area contributed by atoms with Crippen LogP contribution in [0, 0.1) is 0 Å². The van der Waals surface area contributed by atoms with E-state index in [1.807, 2.05) is 14.1 Å². The number of nitrogens with one attached hydrogen (secondary N) is 1. The maximum Gasteiger partial charge on any atom is 0.251 e. The molecule has 0 atom stereocenters. The number of nitrogens with zero attached hydrogens (tertiary/aromatic N) is 1. The molecule has 5 nitrogen and oxygen atoms in total. The second kappa shape index (κ2) is 8.22. The molecule has 0 saturated heterocycles. The summed E-state index contributed by atoms with van der Waals surface area (Å²) in [6, 6.07) is 5.04. The third-order valence-corrected chi connectivity index (χ3v) is 2.69. The number of nitrogen functional groups attached to an aromatic ring is 1. The lowest BCUT2D eigenvalue weighted by molar-refractivity contribution is 0.0957. The number of anilines is 1. The molecule has 0 fully saturated rings.